The maximum Gasteiger partial charge on any atom is 0.0462 e. The van der Waals surface area contributed by atoms with Crippen molar-refractivity contribution in [2.75, 3.05) is 4.90 Å². The summed E-state index contributed by atoms with van der Waals surface area (Å²) in [6.45, 7) is 5.84. The predicted octanol–water partition coefficient (Wildman–Crippen LogP) is 7.30. The third kappa shape index (κ3) is 4.20. The van der Waals surface area contributed by atoms with Gasteiger partial charge >= 0.3 is 0 Å². The molecule has 0 aliphatic carbocycles. The SMILES string of the molecule is C=CC(/C=C/c1ccc(N(c2ccccc2)c2ccccc2)cc1)=C\C. The van der Waals surface area contributed by atoms with Gasteiger partial charge in [0.25, 0.3) is 0 Å². The molecule has 0 amide bonds. The van der Waals surface area contributed by atoms with Crippen molar-refractivity contribution in [2.24, 2.45) is 0 Å². The molecule has 0 atom stereocenters. The lowest BCUT2D eigenvalue weighted by molar-refractivity contribution is 1.28. The first-order valence-corrected chi connectivity index (χ1v) is 8.79. The largest absolute Gasteiger partial charge is 0.311 e. The zero-order chi connectivity index (χ0) is 18.2. The van der Waals surface area contributed by atoms with Crippen molar-refractivity contribution in [3.05, 3.63) is 121 Å². The molecule has 0 aliphatic rings. The third-order valence-electron chi connectivity index (χ3n) is 4.22. The van der Waals surface area contributed by atoms with Crippen LogP contribution in [0.1, 0.15) is 12.5 Å². The Hall–Kier alpha value is -3.32. The second-order valence-corrected chi connectivity index (χ2v) is 5.92. The first kappa shape index (κ1) is 17.5. The van der Waals surface area contributed by atoms with E-state index in [1.54, 1.807) is 0 Å². The Balaban J connectivity index is 1.94. The van der Waals surface area contributed by atoms with E-state index in [9.17, 15) is 0 Å². The van der Waals surface area contributed by atoms with Crippen LogP contribution in [0.4, 0.5) is 17.1 Å². The fourth-order valence-electron chi connectivity index (χ4n) is 2.81. The van der Waals surface area contributed by atoms with Gasteiger partial charge in [0.05, 0.1) is 0 Å². The molecule has 0 spiro atoms. The molecule has 26 heavy (non-hydrogen) atoms. The second kappa shape index (κ2) is 8.68. The van der Waals surface area contributed by atoms with Crippen molar-refractivity contribution in [3.8, 4) is 0 Å². The van der Waals surface area contributed by atoms with Crippen molar-refractivity contribution in [1.82, 2.24) is 0 Å². The maximum atomic E-state index is 3.82. The molecule has 0 aromatic heterocycles. The predicted molar refractivity (Wildman–Crippen MR) is 114 cm³/mol. The van der Waals surface area contributed by atoms with Crippen LogP contribution in [0.3, 0.4) is 0 Å². The summed E-state index contributed by atoms with van der Waals surface area (Å²) in [6.07, 6.45) is 8.09. The summed E-state index contributed by atoms with van der Waals surface area (Å²) in [5.74, 6) is 0. The zero-order valence-corrected chi connectivity index (χ0v) is 15.0. The van der Waals surface area contributed by atoms with E-state index in [4.69, 9.17) is 0 Å². The van der Waals surface area contributed by atoms with E-state index < -0.39 is 0 Å². The minimum absolute atomic E-state index is 1.12. The van der Waals surface area contributed by atoms with Crippen molar-refractivity contribution < 1.29 is 0 Å². The molecule has 0 saturated carbocycles. The Morgan fingerprint density at radius 1 is 0.731 bits per heavy atom. The quantitative estimate of drug-likeness (QED) is 0.426. The van der Waals surface area contributed by atoms with Gasteiger partial charge in [-0.25, -0.2) is 0 Å². The minimum Gasteiger partial charge on any atom is -0.311 e. The molecule has 0 saturated heterocycles. The number of anilines is 3. The molecular weight excluding hydrogens is 314 g/mol. The molecule has 0 bridgehead atoms. The van der Waals surface area contributed by atoms with Crippen molar-refractivity contribution >= 4 is 23.1 Å². The van der Waals surface area contributed by atoms with Crippen LogP contribution in [-0.4, -0.2) is 0 Å². The van der Waals surface area contributed by atoms with E-state index in [0.717, 1.165) is 28.2 Å². The summed E-state index contributed by atoms with van der Waals surface area (Å²) in [6, 6.07) is 29.4. The lowest BCUT2D eigenvalue weighted by atomic mass is 10.1. The van der Waals surface area contributed by atoms with Crippen LogP contribution in [0.2, 0.25) is 0 Å². The number of nitrogens with zero attached hydrogens (tertiary/aromatic N) is 1. The van der Waals surface area contributed by atoms with Gasteiger partial charge in [0, 0.05) is 17.1 Å². The monoisotopic (exact) mass is 337 g/mol. The van der Waals surface area contributed by atoms with Crippen molar-refractivity contribution in [2.45, 2.75) is 6.92 Å². The first-order chi connectivity index (χ1) is 12.8. The van der Waals surface area contributed by atoms with Crippen LogP contribution in [0.15, 0.2) is 115 Å². The average Bonchev–Trinajstić information content (AvgIpc) is 2.72. The lowest BCUT2D eigenvalue weighted by Gasteiger charge is -2.25. The number of hydrogen-bond donors (Lipinski definition) is 0. The van der Waals surface area contributed by atoms with Crippen LogP contribution >= 0.6 is 0 Å². The zero-order valence-electron chi connectivity index (χ0n) is 15.0. The summed E-state index contributed by atoms with van der Waals surface area (Å²) >= 11 is 0. The molecule has 128 valence electrons. The van der Waals surface area contributed by atoms with Gasteiger partial charge in [0.1, 0.15) is 0 Å². The molecule has 1 nitrogen and oxygen atoms in total. The van der Waals surface area contributed by atoms with Gasteiger partial charge in [-0.1, -0.05) is 79.4 Å². The van der Waals surface area contributed by atoms with E-state index in [1.165, 1.54) is 0 Å². The Labute approximate surface area is 156 Å². The average molecular weight is 337 g/mol. The van der Waals surface area contributed by atoms with Gasteiger partial charge in [0.15, 0.2) is 0 Å². The van der Waals surface area contributed by atoms with Crippen LogP contribution in [-0.2, 0) is 0 Å². The normalized spacial score (nSPS) is 11.5. The number of hydrogen-bond acceptors (Lipinski definition) is 1. The maximum absolute atomic E-state index is 3.82. The third-order valence-corrected chi connectivity index (χ3v) is 4.22. The van der Waals surface area contributed by atoms with Crippen LogP contribution in [0.5, 0.6) is 0 Å². The second-order valence-electron chi connectivity index (χ2n) is 5.92. The minimum atomic E-state index is 1.12. The Bertz CT molecular complexity index is 848. The Morgan fingerprint density at radius 2 is 1.23 bits per heavy atom. The summed E-state index contributed by atoms with van der Waals surface area (Å²) in [5.41, 5.74) is 5.70. The van der Waals surface area contributed by atoms with Gasteiger partial charge in [-0.2, -0.15) is 0 Å². The molecule has 0 unspecified atom stereocenters. The smallest absolute Gasteiger partial charge is 0.0462 e. The number of rotatable bonds is 6. The standard InChI is InChI=1S/C25H23N/c1-3-21(4-2)15-16-22-17-19-25(20-18-22)26(23-11-7-5-8-12-23)24-13-9-6-10-14-24/h3-20H,1H2,2H3/b16-15+,21-4+. The van der Waals surface area contributed by atoms with Gasteiger partial charge in [-0.3, -0.25) is 0 Å². The summed E-state index contributed by atoms with van der Waals surface area (Å²) in [7, 11) is 0. The highest BCUT2D eigenvalue weighted by Crippen LogP contribution is 2.34. The Morgan fingerprint density at radius 3 is 1.69 bits per heavy atom. The highest BCUT2D eigenvalue weighted by molar-refractivity contribution is 5.76. The van der Waals surface area contributed by atoms with E-state index in [1.807, 2.05) is 31.2 Å². The number of para-hydroxylation sites is 2. The van der Waals surface area contributed by atoms with Crippen LogP contribution in [0.25, 0.3) is 6.08 Å². The van der Waals surface area contributed by atoms with Crippen molar-refractivity contribution in [3.63, 3.8) is 0 Å². The van der Waals surface area contributed by atoms with Crippen LogP contribution in [0, 0.1) is 0 Å². The highest BCUT2D eigenvalue weighted by atomic mass is 15.1. The van der Waals surface area contributed by atoms with Gasteiger partial charge in [-0.15, -0.1) is 0 Å². The molecule has 3 rings (SSSR count). The molecule has 0 fully saturated rings. The summed E-state index contributed by atoms with van der Waals surface area (Å²) in [5, 5.41) is 0. The number of allylic oxidation sites excluding steroid dienone is 4. The van der Waals surface area contributed by atoms with E-state index >= 15 is 0 Å². The van der Waals surface area contributed by atoms with Crippen LogP contribution < -0.4 is 4.90 Å². The molecule has 0 heterocycles. The lowest BCUT2D eigenvalue weighted by Crippen LogP contribution is -2.09. The highest BCUT2D eigenvalue weighted by Gasteiger charge is 2.11. The Kier molecular flexibility index (Phi) is 5.84. The molecule has 3 aromatic rings. The molecule has 3 aromatic carbocycles. The molecule has 1 heteroatoms. The van der Waals surface area contributed by atoms with Crippen molar-refractivity contribution in [1.29, 1.82) is 0 Å². The van der Waals surface area contributed by atoms with E-state index in [-0.39, 0.29) is 0 Å². The fourth-order valence-corrected chi connectivity index (χ4v) is 2.81. The van der Waals surface area contributed by atoms with E-state index in [0.29, 0.717) is 0 Å². The molecule has 0 N–H and O–H groups in total. The van der Waals surface area contributed by atoms with Gasteiger partial charge in [0.2, 0.25) is 0 Å². The number of benzene rings is 3. The summed E-state index contributed by atoms with van der Waals surface area (Å²) in [4.78, 5) is 2.26. The topological polar surface area (TPSA) is 3.24 Å². The summed E-state index contributed by atoms with van der Waals surface area (Å²) < 4.78 is 0. The molecule has 0 radical (unpaired) electrons. The van der Waals surface area contributed by atoms with Gasteiger partial charge < -0.3 is 4.90 Å². The van der Waals surface area contributed by atoms with E-state index in [2.05, 4.69) is 96.4 Å². The fraction of sp³-hybridized carbons (Fsp3) is 0.0400. The van der Waals surface area contributed by atoms with Gasteiger partial charge in [-0.05, 0) is 54.5 Å². The molecular formula is C25H23N. The molecule has 0 aliphatic heterocycles. The first-order valence-electron chi connectivity index (χ1n) is 8.79.